The summed E-state index contributed by atoms with van der Waals surface area (Å²) in [5, 5.41) is 13.6. The topological polar surface area (TPSA) is 94.9 Å². The summed E-state index contributed by atoms with van der Waals surface area (Å²) < 4.78 is 13.8. The minimum Gasteiger partial charge on any atom is -0.288 e. The molecule has 0 radical (unpaired) electrons. The summed E-state index contributed by atoms with van der Waals surface area (Å²) in [6, 6.07) is 7.33. The van der Waals surface area contributed by atoms with Gasteiger partial charge in [0.15, 0.2) is 5.82 Å². The summed E-state index contributed by atoms with van der Waals surface area (Å²) in [5.41, 5.74) is 1.29. The second kappa shape index (κ2) is 7.62. The molecule has 1 aromatic heterocycles. The number of hydrogen-bond donors (Lipinski definition) is 2. The smallest absolute Gasteiger partial charge is 0.276 e. The van der Waals surface area contributed by atoms with Crippen molar-refractivity contribution in [2.75, 3.05) is 7.05 Å². The van der Waals surface area contributed by atoms with Crippen LogP contribution in [0.5, 0.6) is 0 Å². The standard InChI is InChI=1S/C15H12ClFN4O3/c1-21(15(23)10-4-2-3-5-11(10)16)19-8-13-12(17)6-9(7-18-13)14(22)20-24/h2-8,24H,1H3,(H,20,22)/b19-8+. The highest BCUT2D eigenvalue weighted by molar-refractivity contribution is 6.33. The van der Waals surface area contributed by atoms with Crippen LogP contribution < -0.4 is 5.48 Å². The van der Waals surface area contributed by atoms with Gasteiger partial charge < -0.3 is 0 Å². The Hall–Kier alpha value is -2.84. The molecule has 0 spiro atoms. The molecule has 2 aromatic rings. The molecule has 24 heavy (non-hydrogen) atoms. The lowest BCUT2D eigenvalue weighted by Crippen LogP contribution is -2.22. The molecule has 0 aliphatic carbocycles. The Kier molecular flexibility index (Phi) is 5.56. The molecule has 0 saturated carbocycles. The molecule has 0 bridgehead atoms. The molecule has 2 N–H and O–H groups in total. The summed E-state index contributed by atoms with van der Waals surface area (Å²) in [7, 11) is 1.38. The van der Waals surface area contributed by atoms with Crippen molar-refractivity contribution < 1.29 is 19.2 Å². The zero-order valence-corrected chi connectivity index (χ0v) is 13.2. The predicted molar refractivity (Wildman–Crippen MR) is 84.6 cm³/mol. The van der Waals surface area contributed by atoms with E-state index in [2.05, 4.69) is 10.1 Å². The number of carbonyl (C=O) groups excluding carboxylic acids is 2. The van der Waals surface area contributed by atoms with Crippen molar-refractivity contribution in [3.8, 4) is 0 Å². The van der Waals surface area contributed by atoms with Crippen LogP contribution in [0.15, 0.2) is 41.6 Å². The second-order valence-corrected chi connectivity index (χ2v) is 4.99. The first-order valence-corrected chi connectivity index (χ1v) is 6.98. The molecule has 0 fully saturated rings. The quantitative estimate of drug-likeness (QED) is 0.501. The van der Waals surface area contributed by atoms with Gasteiger partial charge >= 0.3 is 0 Å². The van der Waals surface area contributed by atoms with Crippen LogP contribution in [0.1, 0.15) is 26.4 Å². The van der Waals surface area contributed by atoms with Crippen LogP contribution in [0.25, 0.3) is 0 Å². The number of hydrazone groups is 1. The number of hydrogen-bond acceptors (Lipinski definition) is 5. The number of nitrogens with zero attached hydrogens (tertiary/aromatic N) is 3. The third-order valence-electron chi connectivity index (χ3n) is 2.98. The molecule has 0 saturated heterocycles. The highest BCUT2D eigenvalue weighted by Gasteiger charge is 2.14. The van der Waals surface area contributed by atoms with Crippen molar-refractivity contribution in [3.05, 3.63) is 64.2 Å². The molecule has 1 heterocycles. The Bertz CT molecular complexity index is 813. The van der Waals surface area contributed by atoms with Crippen molar-refractivity contribution in [2.24, 2.45) is 5.10 Å². The Labute approximate surface area is 141 Å². The number of aromatic nitrogens is 1. The molecule has 0 atom stereocenters. The highest BCUT2D eigenvalue weighted by atomic mass is 35.5. The fourth-order valence-electron chi connectivity index (χ4n) is 1.73. The van der Waals surface area contributed by atoms with Gasteiger partial charge in [-0.2, -0.15) is 5.10 Å². The van der Waals surface area contributed by atoms with Gasteiger partial charge in [0.05, 0.1) is 22.4 Å². The molecular formula is C15H12ClFN4O3. The number of pyridine rings is 1. The van der Waals surface area contributed by atoms with Gasteiger partial charge in [-0.3, -0.25) is 19.8 Å². The lowest BCUT2D eigenvalue weighted by molar-refractivity contribution is 0.0705. The van der Waals surface area contributed by atoms with Crippen LogP contribution in [0.3, 0.4) is 0 Å². The molecule has 0 aliphatic heterocycles. The Morgan fingerprint density at radius 3 is 2.75 bits per heavy atom. The van der Waals surface area contributed by atoms with E-state index in [9.17, 15) is 14.0 Å². The third-order valence-corrected chi connectivity index (χ3v) is 3.31. The maximum absolute atomic E-state index is 13.8. The van der Waals surface area contributed by atoms with Crippen LogP contribution in [-0.2, 0) is 0 Å². The summed E-state index contributed by atoms with van der Waals surface area (Å²) in [4.78, 5) is 27.0. The first-order valence-electron chi connectivity index (χ1n) is 6.60. The number of nitrogens with one attached hydrogen (secondary N) is 1. The fourth-order valence-corrected chi connectivity index (χ4v) is 1.95. The molecule has 0 aliphatic rings. The number of carbonyl (C=O) groups is 2. The zero-order valence-electron chi connectivity index (χ0n) is 12.4. The van der Waals surface area contributed by atoms with E-state index in [0.717, 1.165) is 23.5 Å². The highest BCUT2D eigenvalue weighted by Crippen LogP contribution is 2.16. The summed E-state index contributed by atoms with van der Waals surface area (Å²) in [5.74, 6) is -2.21. The van der Waals surface area contributed by atoms with Gasteiger partial charge in [-0.05, 0) is 18.2 Å². The average molecular weight is 351 g/mol. The number of amides is 2. The molecule has 9 heteroatoms. The normalized spacial score (nSPS) is 10.7. The molecule has 7 nitrogen and oxygen atoms in total. The van der Waals surface area contributed by atoms with E-state index in [1.54, 1.807) is 18.2 Å². The molecule has 1 aromatic carbocycles. The van der Waals surface area contributed by atoms with E-state index < -0.39 is 17.6 Å². The first-order chi connectivity index (χ1) is 11.4. The van der Waals surface area contributed by atoms with Crippen molar-refractivity contribution in [3.63, 3.8) is 0 Å². The van der Waals surface area contributed by atoms with Gasteiger partial charge in [-0.25, -0.2) is 14.9 Å². The maximum Gasteiger partial charge on any atom is 0.276 e. The van der Waals surface area contributed by atoms with Crippen LogP contribution >= 0.6 is 11.6 Å². The minimum atomic E-state index is -0.893. The summed E-state index contributed by atoms with van der Waals surface area (Å²) in [6.45, 7) is 0. The van der Waals surface area contributed by atoms with Crippen molar-refractivity contribution in [1.29, 1.82) is 0 Å². The zero-order chi connectivity index (χ0) is 17.7. The largest absolute Gasteiger partial charge is 0.288 e. The van der Waals surface area contributed by atoms with E-state index in [4.69, 9.17) is 16.8 Å². The van der Waals surface area contributed by atoms with Crippen molar-refractivity contribution in [1.82, 2.24) is 15.5 Å². The van der Waals surface area contributed by atoms with E-state index in [1.165, 1.54) is 18.6 Å². The van der Waals surface area contributed by atoms with E-state index in [-0.39, 0.29) is 21.8 Å². The number of rotatable bonds is 4. The lowest BCUT2D eigenvalue weighted by atomic mass is 10.2. The molecule has 2 amide bonds. The summed E-state index contributed by atoms with van der Waals surface area (Å²) in [6.07, 6.45) is 2.09. The SMILES string of the molecule is CN(/N=C/c1ncc(C(=O)NO)cc1F)C(=O)c1ccccc1Cl. The van der Waals surface area contributed by atoms with E-state index in [0.29, 0.717) is 0 Å². The number of hydroxylamine groups is 1. The molecule has 0 unspecified atom stereocenters. The Balaban J connectivity index is 2.17. The van der Waals surface area contributed by atoms with E-state index >= 15 is 0 Å². The average Bonchev–Trinajstić information content (AvgIpc) is 2.59. The monoisotopic (exact) mass is 350 g/mol. The van der Waals surface area contributed by atoms with Crippen LogP contribution in [-0.4, -0.2) is 40.3 Å². The molecule has 2 rings (SSSR count). The van der Waals surface area contributed by atoms with E-state index in [1.807, 2.05) is 0 Å². The fraction of sp³-hybridized carbons (Fsp3) is 0.0667. The van der Waals surface area contributed by atoms with Crippen LogP contribution in [0, 0.1) is 5.82 Å². The maximum atomic E-state index is 13.8. The first kappa shape index (κ1) is 17.5. The summed E-state index contributed by atoms with van der Waals surface area (Å²) >= 11 is 5.94. The van der Waals surface area contributed by atoms with Crippen LogP contribution in [0.2, 0.25) is 5.02 Å². The van der Waals surface area contributed by atoms with Crippen molar-refractivity contribution >= 4 is 29.6 Å². The third kappa shape index (κ3) is 3.92. The predicted octanol–water partition coefficient (Wildman–Crippen LogP) is 2.10. The minimum absolute atomic E-state index is 0.160. The van der Waals surface area contributed by atoms with Gasteiger partial charge in [-0.15, -0.1) is 0 Å². The number of benzene rings is 1. The van der Waals surface area contributed by atoms with Gasteiger partial charge in [0.25, 0.3) is 11.8 Å². The van der Waals surface area contributed by atoms with Crippen molar-refractivity contribution in [2.45, 2.75) is 0 Å². The lowest BCUT2D eigenvalue weighted by Gasteiger charge is -2.11. The molecular weight excluding hydrogens is 339 g/mol. The Morgan fingerprint density at radius 2 is 2.12 bits per heavy atom. The van der Waals surface area contributed by atoms with Gasteiger partial charge in [-0.1, -0.05) is 23.7 Å². The Morgan fingerprint density at radius 1 is 1.42 bits per heavy atom. The molecule has 124 valence electrons. The van der Waals surface area contributed by atoms with Crippen LogP contribution in [0.4, 0.5) is 4.39 Å². The van der Waals surface area contributed by atoms with Gasteiger partial charge in [0.1, 0.15) is 5.69 Å². The number of halogens is 2. The van der Waals surface area contributed by atoms with Gasteiger partial charge in [0.2, 0.25) is 0 Å². The van der Waals surface area contributed by atoms with Gasteiger partial charge in [0, 0.05) is 13.2 Å². The second-order valence-electron chi connectivity index (χ2n) is 4.59.